The van der Waals surface area contributed by atoms with E-state index in [9.17, 15) is 14.7 Å². The molecule has 6 heteroatoms. The molecule has 1 aromatic rings. The van der Waals surface area contributed by atoms with Crippen LogP contribution >= 0.6 is 0 Å². The molecule has 6 nitrogen and oxygen atoms in total. The normalized spacial score (nSPS) is 16.9. The highest BCUT2D eigenvalue weighted by Crippen LogP contribution is 2.33. The number of pyridine rings is 1. The number of hydrogen-bond donors (Lipinski definition) is 3. The lowest BCUT2D eigenvalue weighted by Crippen LogP contribution is -2.43. The maximum absolute atomic E-state index is 11.5. The minimum atomic E-state index is -0.915. The zero-order chi connectivity index (χ0) is 13.9. The van der Waals surface area contributed by atoms with E-state index in [4.69, 9.17) is 0 Å². The Morgan fingerprint density at radius 2 is 2.05 bits per heavy atom. The van der Waals surface area contributed by atoms with Crippen LogP contribution in [0.15, 0.2) is 18.3 Å². The third kappa shape index (κ3) is 2.67. The van der Waals surface area contributed by atoms with Gasteiger partial charge in [-0.05, 0) is 25.0 Å². The molecule has 19 heavy (non-hydrogen) atoms. The third-order valence-electron chi connectivity index (χ3n) is 3.47. The van der Waals surface area contributed by atoms with Crippen molar-refractivity contribution in [3.8, 4) is 0 Å². The minimum absolute atomic E-state index is 0.269. The van der Waals surface area contributed by atoms with Crippen molar-refractivity contribution < 1.29 is 14.7 Å². The number of rotatable bonds is 4. The number of carboxylic acids is 1. The van der Waals surface area contributed by atoms with E-state index in [1.54, 1.807) is 12.1 Å². The van der Waals surface area contributed by atoms with Gasteiger partial charge in [-0.1, -0.05) is 12.8 Å². The number of anilines is 1. The van der Waals surface area contributed by atoms with Crippen LogP contribution in [0.4, 0.5) is 5.69 Å². The Labute approximate surface area is 111 Å². The molecule has 3 N–H and O–H groups in total. The van der Waals surface area contributed by atoms with Gasteiger partial charge < -0.3 is 15.7 Å². The Balaban J connectivity index is 2.23. The van der Waals surface area contributed by atoms with E-state index >= 15 is 0 Å². The van der Waals surface area contributed by atoms with Crippen LogP contribution in [-0.4, -0.2) is 34.6 Å². The zero-order valence-corrected chi connectivity index (χ0v) is 10.8. The second kappa shape index (κ2) is 5.26. The van der Waals surface area contributed by atoms with Crippen molar-refractivity contribution in [2.45, 2.75) is 31.2 Å². The highest BCUT2D eigenvalue weighted by atomic mass is 16.4. The number of amides is 1. The van der Waals surface area contributed by atoms with Crippen LogP contribution in [0.1, 0.15) is 36.2 Å². The second-order valence-electron chi connectivity index (χ2n) is 4.73. The number of carboxylic acid groups (broad SMARTS) is 1. The predicted molar refractivity (Wildman–Crippen MR) is 70.1 cm³/mol. The van der Waals surface area contributed by atoms with Gasteiger partial charge in [0.05, 0.1) is 0 Å². The van der Waals surface area contributed by atoms with Gasteiger partial charge in [0, 0.05) is 18.9 Å². The molecule has 0 aromatic carbocycles. The summed E-state index contributed by atoms with van der Waals surface area (Å²) in [7, 11) is 1.53. The fraction of sp³-hybridized carbons (Fsp3) is 0.462. The smallest absolute Gasteiger partial charge is 0.329 e. The maximum atomic E-state index is 11.5. The Hall–Kier alpha value is -2.11. The van der Waals surface area contributed by atoms with Gasteiger partial charge in [-0.15, -0.1) is 0 Å². The molecule has 2 rings (SSSR count). The van der Waals surface area contributed by atoms with E-state index in [1.165, 1.54) is 13.2 Å². The molecule has 0 unspecified atom stereocenters. The van der Waals surface area contributed by atoms with Crippen LogP contribution in [0.3, 0.4) is 0 Å². The fourth-order valence-corrected chi connectivity index (χ4v) is 2.41. The van der Waals surface area contributed by atoms with Crippen LogP contribution in [0.5, 0.6) is 0 Å². The summed E-state index contributed by atoms with van der Waals surface area (Å²) in [6, 6.07) is 3.25. The first kappa shape index (κ1) is 13.3. The largest absolute Gasteiger partial charge is 0.480 e. The summed E-state index contributed by atoms with van der Waals surface area (Å²) in [4.78, 5) is 26.9. The van der Waals surface area contributed by atoms with Gasteiger partial charge in [-0.2, -0.15) is 0 Å². The fourth-order valence-electron chi connectivity index (χ4n) is 2.41. The van der Waals surface area contributed by atoms with Crippen molar-refractivity contribution in [3.63, 3.8) is 0 Å². The van der Waals surface area contributed by atoms with Crippen LogP contribution in [-0.2, 0) is 4.79 Å². The molecule has 1 aliphatic rings. The monoisotopic (exact) mass is 263 g/mol. The van der Waals surface area contributed by atoms with Crippen LogP contribution < -0.4 is 10.6 Å². The molecule has 1 saturated carbocycles. The topological polar surface area (TPSA) is 91.3 Å². The lowest BCUT2D eigenvalue weighted by molar-refractivity contribution is -0.142. The Morgan fingerprint density at radius 3 is 2.63 bits per heavy atom. The van der Waals surface area contributed by atoms with Crippen molar-refractivity contribution in [1.29, 1.82) is 0 Å². The van der Waals surface area contributed by atoms with Crippen LogP contribution in [0, 0.1) is 0 Å². The molecule has 0 atom stereocenters. The third-order valence-corrected chi connectivity index (χ3v) is 3.47. The highest BCUT2D eigenvalue weighted by molar-refractivity contribution is 5.93. The zero-order valence-electron chi connectivity index (χ0n) is 10.8. The van der Waals surface area contributed by atoms with Crippen molar-refractivity contribution >= 4 is 17.6 Å². The predicted octanol–water partition coefficient (Wildman–Crippen LogP) is 1.25. The molecular weight excluding hydrogens is 246 g/mol. The van der Waals surface area contributed by atoms with Crippen LogP contribution in [0.25, 0.3) is 0 Å². The lowest BCUT2D eigenvalue weighted by atomic mass is 9.97. The number of hydrogen-bond acceptors (Lipinski definition) is 4. The molecule has 0 radical (unpaired) electrons. The number of nitrogens with zero attached hydrogens (tertiary/aromatic N) is 1. The molecule has 102 valence electrons. The number of carbonyl (C=O) groups is 2. The van der Waals surface area contributed by atoms with Crippen molar-refractivity contribution in [2.24, 2.45) is 0 Å². The number of carbonyl (C=O) groups excluding carboxylic acids is 1. The van der Waals surface area contributed by atoms with Gasteiger partial charge in [0.15, 0.2) is 0 Å². The van der Waals surface area contributed by atoms with E-state index in [2.05, 4.69) is 15.6 Å². The summed E-state index contributed by atoms with van der Waals surface area (Å²) >= 11 is 0. The number of aromatic nitrogens is 1. The average Bonchev–Trinajstić information content (AvgIpc) is 2.88. The first-order chi connectivity index (χ1) is 9.07. The first-order valence-electron chi connectivity index (χ1n) is 6.27. The molecule has 1 aliphatic carbocycles. The lowest BCUT2D eigenvalue weighted by Gasteiger charge is -2.26. The standard InChI is InChI=1S/C13H17N3O3/c1-14-11(17)10-8-9(4-7-15-10)16-13(12(18)19)5-2-3-6-13/h4,7-8H,2-3,5-6H2,1H3,(H,14,17)(H,15,16)(H,18,19). The van der Waals surface area contributed by atoms with Gasteiger partial charge in [-0.3, -0.25) is 9.78 Å². The SMILES string of the molecule is CNC(=O)c1cc(NC2(C(=O)O)CCCC2)ccn1. The Bertz CT molecular complexity index is 496. The quantitative estimate of drug-likeness (QED) is 0.760. The van der Waals surface area contributed by atoms with E-state index < -0.39 is 11.5 Å². The van der Waals surface area contributed by atoms with Crippen molar-refractivity contribution in [1.82, 2.24) is 10.3 Å². The molecular formula is C13H17N3O3. The molecule has 1 aromatic heterocycles. The summed E-state index contributed by atoms with van der Waals surface area (Å²) < 4.78 is 0. The van der Waals surface area contributed by atoms with E-state index in [0.29, 0.717) is 18.5 Å². The summed E-state index contributed by atoms with van der Waals surface area (Å²) in [6.45, 7) is 0. The molecule has 0 aliphatic heterocycles. The van der Waals surface area contributed by atoms with Crippen molar-refractivity contribution in [2.75, 3.05) is 12.4 Å². The second-order valence-corrected chi connectivity index (χ2v) is 4.73. The van der Waals surface area contributed by atoms with Gasteiger partial charge in [0.1, 0.15) is 11.2 Å². The molecule has 0 bridgehead atoms. The molecule has 1 fully saturated rings. The Kier molecular flexibility index (Phi) is 3.69. The Morgan fingerprint density at radius 1 is 1.37 bits per heavy atom. The van der Waals surface area contributed by atoms with E-state index in [0.717, 1.165) is 12.8 Å². The maximum Gasteiger partial charge on any atom is 0.329 e. The van der Waals surface area contributed by atoms with Gasteiger partial charge in [-0.25, -0.2) is 4.79 Å². The van der Waals surface area contributed by atoms with Gasteiger partial charge in [0.2, 0.25) is 0 Å². The summed E-state index contributed by atoms with van der Waals surface area (Å²) in [5.74, 6) is -1.14. The molecule has 0 spiro atoms. The van der Waals surface area contributed by atoms with Crippen LogP contribution in [0.2, 0.25) is 0 Å². The van der Waals surface area contributed by atoms with E-state index in [1.807, 2.05) is 0 Å². The van der Waals surface area contributed by atoms with Gasteiger partial charge >= 0.3 is 5.97 Å². The minimum Gasteiger partial charge on any atom is -0.480 e. The summed E-state index contributed by atoms with van der Waals surface area (Å²) in [5, 5.41) is 14.9. The van der Waals surface area contributed by atoms with Gasteiger partial charge in [0.25, 0.3) is 5.91 Å². The number of aliphatic carboxylic acids is 1. The highest BCUT2D eigenvalue weighted by Gasteiger charge is 2.41. The summed E-state index contributed by atoms with van der Waals surface area (Å²) in [6.07, 6.45) is 4.48. The molecule has 1 amide bonds. The summed E-state index contributed by atoms with van der Waals surface area (Å²) in [5.41, 5.74) is -0.0367. The number of nitrogens with one attached hydrogen (secondary N) is 2. The van der Waals surface area contributed by atoms with E-state index in [-0.39, 0.29) is 11.6 Å². The molecule has 1 heterocycles. The van der Waals surface area contributed by atoms with Crippen molar-refractivity contribution in [3.05, 3.63) is 24.0 Å². The average molecular weight is 263 g/mol. The molecule has 0 saturated heterocycles. The first-order valence-corrected chi connectivity index (χ1v) is 6.27.